The van der Waals surface area contributed by atoms with E-state index in [1.54, 1.807) is 0 Å². The summed E-state index contributed by atoms with van der Waals surface area (Å²) in [6.45, 7) is 0.579. The van der Waals surface area contributed by atoms with Crippen LogP contribution in [0, 0.1) is 0 Å². The molecule has 1 aliphatic carbocycles. The summed E-state index contributed by atoms with van der Waals surface area (Å²) in [5.41, 5.74) is 5.95. The van der Waals surface area contributed by atoms with Crippen molar-refractivity contribution < 1.29 is 8.42 Å². The number of sulfone groups is 1. The molecule has 0 atom stereocenters. The zero-order valence-corrected chi connectivity index (χ0v) is 12.9. The molecule has 4 nitrogen and oxygen atoms in total. The van der Waals surface area contributed by atoms with Crippen molar-refractivity contribution in [2.45, 2.75) is 62.9 Å². The Hall–Kier alpha value is -0.130. The maximum atomic E-state index is 11.6. The first kappa shape index (κ1) is 15.3. The van der Waals surface area contributed by atoms with Gasteiger partial charge >= 0.3 is 0 Å². The van der Waals surface area contributed by atoms with Gasteiger partial charge in [0.1, 0.15) is 9.84 Å². The molecule has 2 N–H and O–H groups in total. The molecule has 2 fully saturated rings. The number of likely N-dealkylation sites (N-methyl/N-ethyl adjacent to an activating group) is 1. The van der Waals surface area contributed by atoms with Crippen LogP contribution in [-0.2, 0) is 9.84 Å². The lowest BCUT2D eigenvalue weighted by Gasteiger charge is -2.47. The van der Waals surface area contributed by atoms with Crippen molar-refractivity contribution in [3.8, 4) is 0 Å². The Morgan fingerprint density at radius 2 is 1.63 bits per heavy atom. The predicted molar refractivity (Wildman–Crippen MR) is 78.9 cm³/mol. The summed E-state index contributed by atoms with van der Waals surface area (Å²) >= 11 is 0. The second-order valence-corrected chi connectivity index (χ2v) is 8.64. The van der Waals surface area contributed by atoms with E-state index in [0.717, 1.165) is 0 Å². The third-order valence-corrected chi connectivity index (χ3v) is 6.91. The summed E-state index contributed by atoms with van der Waals surface area (Å²) < 4.78 is 23.3. The maximum Gasteiger partial charge on any atom is 0.150 e. The Labute approximate surface area is 117 Å². The van der Waals surface area contributed by atoms with E-state index in [1.165, 1.54) is 38.5 Å². The summed E-state index contributed by atoms with van der Waals surface area (Å²) in [4.78, 5) is 2.44. The molecule has 0 amide bonds. The summed E-state index contributed by atoms with van der Waals surface area (Å²) in [7, 11) is -0.650. The molecule has 0 unspecified atom stereocenters. The van der Waals surface area contributed by atoms with Gasteiger partial charge in [-0.2, -0.15) is 0 Å². The fourth-order valence-electron chi connectivity index (χ4n) is 3.65. The largest absolute Gasteiger partial charge is 0.329 e. The number of nitrogens with zero attached hydrogens (tertiary/aromatic N) is 1. The Balaban J connectivity index is 2.07. The van der Waals surface area contributed by atoms with E-state index in [1.807, 2.05) is 0 Å². The van der Waals surface area contributed by atoms with Gasteiger partial charge in [0, 0.05) is 18.1 Å². The zero-order chi connectivity index (χ0) is 13.9. The van der Waals surface area contributed by atoms with Crippen molar-refractivity contribution >= 4 is 9.84 Å². The lowest BCUT2D eigenvalue weighted by molar-refractivity contribution is 0.0595. The van der Waals surface area contributed by atoms with Gasteiger partial charge in [0.05, 0.1) is 11.5 Å². The lowest BCUT2D eigenvalue weighted by atomic mass is 9.88. The average Bonchev–Trinajstić information content (AvgIpc) is 2.67. The van der Waals surface area contributed by atoms with E-state index in [-0.39, 0.29) is 5.54 Å². The third-order valence-electron chi connectivity index (χ3n) is 5.26. The molecule has 0 aromatic heterocycles. The number of hydrogen-bond donors (Lipinski definition) is 1. The molecule has 0 spiro atoms. The van der Waals surface area contributed by atoms with E-state index in [2.05, 4.69) is 11.9 Å². The van der Waals surface area contributed by atoms with Gasteiger partial charge in [-0.1, -0.05) is 25.7 Å². The minimum atomic E-state index is -2.82. The molecular weight excluding hydrogens is 260 g/mol. The molecule has 1 heterocycles. The molecule has 2 rings (SSSR count). The van der Waals surface area contributed by atoms with Gasteiger partial charge in [0.2, 0.25) is 0 Å². The van der Waals surface area contributed by atoms with Crippen LogP contribution in [0.4, 0.5) is 0 Å². The highest BCUT2D eigenvalue weighted by molar-refractivity contribution is 7.91. The molecule has 1 saturated heterocycles. The predicted octanol–water partition coefficient (Wildman–Crippen LogP) is 1.55. The number of hydrogen-bond acceptors (Lipinski definition) is 4. The maximum absolute atomic E-state index is 11.6. The standard InChI is InChI=1S/C14H28N2O2S/c1-16(13-6-4-2-3-5-7-13)14(12-15)8-10-19(17,18)11-9-14/h13H,2-12,15H2,1H3. The Bertz CT molecular complexity index is 372. The first-order valence-electron chi connectivity index (χ1n) is 7.63. The Morgan fingerprint density at radius 3 is 2.11 bits per heavy atom. The van der Waals surface area contributed by atoms with Crippen LogP contribution in [0.3, 0.4) is 0 Å². The fourth-order valence-corrected chi connectivity index (χ4v) is 5.24. The van der Waals surface area contributed by atoms with E-state index in [4.69, 9.17) is 5.73 Å². The van der Waals surface area contributed by atoms with Gasteiger partial charge in [-0.15, -0.1) is 0 Å². The van der Waals surface area contributed by atoms with Gasteiger partial charge in [0.25, 0.3) is 0 Å². The SMILES string of the molecule is CN(C1CCCCCC1)C1(CN)CCS(=O)(=O)CC1. The molecule has 0 bridgehead atoms. The zero-order valence-electron chi connectivity index (χ0n) is 12.1. The summed E-state index contributed by atoms with van der Waals surface area (Å²) in [6, 6.07) is 0.590. The van der Waals surface area contributed by atoms with Crippen molar-refractivity contribution in [3.05, 3.63) is 0 Å². The van der Waals surface area contributed by atoms with Crippen LogP contribution in [0.2, 0.25) is 0 Å². The average molecular weight is 288 g/mol. The molecule has 2 aliphatic rings. The Morgan fingerprint density at radius 1 is 1.11 bits per heavy atom. The molecule has 0 aromatic rings. The highest BCUT2D eigenvalue weighted by Gasteiger charge is 2.41. The topological polar surface area (TPSA) is 63.4 Å². The molecule has 1 saturated carbocycles. The van der Waals surface area contributed by atoms with E-state index < -0.39 is 9.84 Å². The molecule has 0 aromatic carbocycles. The van der Waals surface area contributed by atoms with Crippen molar-refractivity contribution in [1.82, 2.24) is 4.90 Å². The minimum absolute atomic E-state index is 0.0830. The second kappa shape index (κ2) is 6.10. The molecule has 19 heavy (non-hydrogen) atoms. The normalized spacial score (nSPS) is 28.2. The van der Waals surface area contributed by atoms with Crippen LogP contribution >= 0.6 is 0 Å². The van der Waals surface area contributed by atoms with Crippen LogP contribution in [0.25, 0.3) is 0 Å². The summed E-state index contributed by atoms with van der Waals surface area (Å²) in [5, 5.41) is 0. The van der Waals surface area contributed by atoms with Crippen LogP contribution in [0.5, 0.6) is 0 Å². The monoisotopic (exact) mass is 288 g/mol. The first-order valence-corrected chi connectivity index (χ1v) is 9.45. The highest BCUT2D eigenvalue weighted by Crippen LogP contribution is 2.33. The van der Waals surface area contributed by atoms with Gasteiger partial charge in [-0.3, -0.25) is 4.90 Å². The summed E-state index contributed by atoms with van der Waals surface area (Å²) in [6.07, 6.45) is 9.18. The van der Waals surface area contributed by atoms with Crippen molar-refractivity contribution in [2.75, 3.05) is 25.1 Å². The van der Waals surface area contributed by atoms with Crippen molar-refractivity contribution in [3.63, 3.8) is 0 Å². The second-order valence-electron chi connectivity index (χ2n) is 6.34. The number of rotatable bonds is 3. The lowest BCUT2D eigenvalue weighted by Crippen LogP contribution is -2.59. The van der Waals surface area contributed by atoms with Crippen molar-refractivity contribution in [1.29, 1.82) is 0 Å². The van der Waals surface area contributed by atoms with Gasteiger partial charge in [0.15, 0.2) is 0 Å². The van der Waals surface area contributed by atoms with Gasteiger partial charge < -0.3 is 5.73 Å². The minimum Gasteiger partial charge on any atom is -0.329 e. The van der Waals surface area contributed by atoms with E-state index >= 15 is 0 Å². The molecule has 0 radical (unpaired) electrons. The third kappa shape index (κ3) is 3.50. The highest BCUT2D eigenvalue weighted by atomic mass is 32.2. The first-order chi connectivity index (χ1) is 8.99. The molecule has 5 heteroatoms. The van der Waals surface area contributed by atoms with Crippen LogP contribution in [0.1, 0.15) is 51.4 Å². The van der Waals surface area contributed by atoms with E-state index in [0.29, 0.717) is 36.9 Å². The van der Waals surface area contributed by atoms with Gasteiger partial charge in [-0.25, -0.2) is 8.42 Å². The van der Waals surface area contributed by atoms with Gasteiger partial charge in [-0.05, 0) is 32.7 Å². The molecular formula is C14H28N2O2S. The Kier molecular flexibility index (Phi) is 4.90. The molecule has 1 aliphatic heterocycles. The van der Waals surface area contributed by atoms with Crippen LogP contribution < -0.4 is 5.73 Å². The van der Waals surface area contributed by atoms with Crippen molar-refractivity contribution in [2.24, 2.45) is 5.73 Å². The van der Waals surface area contributed by atoms with Crippen LogP contribution in [0.15, 0.2) is 0 Å². The quantitative estimate of drug-likeness (QED) is 0.800. The fraction of sp³-hybridized carbons (Fsp3) is 1.00. The van der Waals surface area contributed by atoms with E-state index in [9.17, 15) is 8.42 Å². The number of nitrogens with two attached hydrogens (primary N) is 1. The smallest absolute Gasteiger partial charge is 0.150 e. The summed E-state index contributed by atoms with van der Waals surface area (Å²) in [5.74, 6) is 0.614. The van der Waals surface area contributed by atoms with Crippen LogP contribution in [-0.4, -0.2) is 50.0 Å². The molecule has 112 valence electrons.